The molecule has 0 N–H and O–H groups in total. The van der Waals surface area contributed by atoms with Crippen molar-refractivity contribution in [1.29, 1.82) is 0 Å². The Hall–Kier alpha value is -3.52. The second-order valence-corrected chi connectivity index (χ2v) is 7.55. The number of carbonyl (C=O) groups is 2. The van der Waals surface area contributed by atoms with E-state index in [2.05, 4.69) is 6.58 Å². The lowest BCUT2D eigenvalue weighted by atomic mass is 10.0. The molecule has 1 aliphatic rings. The van der Waals surface area contributed by atoms with Gasteiger partial charge < -0.3 is 9.47 Å². The van der Waals surface area contributed by atoms with Gasteiger partial charge in [-0.3, -0.25) is 19.4 Å². The quantitative estimate of drug-likeness (QED) is 0.276. The number of benzene rings is 2. The minimum absolute atomic E-state index is 0.00446. The highest BCUT2D eigenvalue weighted by molar-refractivity contribution is 7.80. The molecule has 0 spiro atoms. The summed E-state index contributed by atoms with van der Waals surface area (Å²) in [6.45, 7) is 4.00. The maximum atomic E-state index is 13.2. The second kappa shape index (κ2) is 9.74. The summed E-state index contributed by atoms with van der Waals surface area (Å²) >= 11 is 5.13. The molecule has 1 saturated heterocycles. The molecule has 2 amide bonds. The molecule has 8 heteroatoms. The molecule has 1 fully saturated rings. The fraction of sp³-hybridized carbons (Fsp3) is 0.208. The SMILES string of the molecule is C=CCc1cc(C=C2C(=O)N(C)C(=S)N(C)C2=O)cc(OC)c1OCc1ccc(F)cc1. The number of allylic oxidation sites excluding steroid dienone is 1. The molecule has 6 nitrogen and oxygen atoms in total. The first-order chi connectivity index (χ1) is 15.3. The minimum Gasteiger partial charge on any atom is -0.493 e. The Morgan fingerprint density at radius 3 is 2.28 bits per heavy atom. The zero-order chi connectivity index (χ0) is 23.4. The maximum absolute atomic E-state index is 13.2. The van der Waals surface area contributed by atoms with Crippen LogP contribution >= 0.6 is 12.2 Å². The van der Waals surface area contributed by atoms with Crippen molar-refractivity contribution in [1.82, 2.24) is 9.80 Å². The zero-order valence-corrected chi connectivity index (χ0v) is 18.9. The van der Waals surface area contributed by atoms with Crippen molar-refractivity contribution in [3.8, 4) is 11.5 Å². The number of methoxy groups -OCH3 is 1. The molecule has 3 rings (SSSR count). The molecule has 0 bridgehead atoms. The highest BCUT2D eigenvalue weighted by atomic mass is 32.1. The van der Waals surface area contributed by atoms with Gasteiger partial charge in [-0.05, 0) is 60.1 Å². The van der Waals surface area contributed by atoms with E-state index in [9.17, 15) is 14.0 Å². The number of halogens is 1. The molecule has 32 heavy (non-hydrogen) atoms. The van der Waals surface area contributed by atoms with Crippen LogP contribution in [0.4, 0.5) is 4.39 Å². The predicted octanol–water partition coefficient (Wildman–Crippen LogP) is 3.74. The van der Waals surface area contributed by atoms with Gasteiger partial charge in [-0.1, -0.05) is 18.2 Å². The zero-order valence-electron chi connectivity index (χ0n) is 18.1. The number of likely N-dealkylation sites (N-methyl/N-ethyl adjacent to an activating group) is 2. The number of nitrogens with zero attached hydrogens (tertiary/aromatic N) is 2. The molecule has 1 heterocycles. The highest BCUT2D eigenvalue weighted by Crippen LogP contribution is 2.35. The smallest absolute Gasteiger partial charge is 0.265 e. The van der Waals surface area contributed by atoms with Crippen LogP contribution in [0, 0.1) is 5.82 Å². The van der Waals surface area contributed by atoms with E-state index in [-0.39, 0.29) is 23.1 Å². The fourth-order valence-electron chi connectivity index (χ4n) is 3.27. The van der Waals surface area contributed by atoms with E-state index in [0.29, 0.717) is 23.5 Å². The van der Waals surface area contributed by atoms with Gasteiger partial charge in [0.1, 0.15) is 18.0 Å². The third-order valence-corrected chi connectivity index (χ3v) is 5.54. The fourth-order valence-corrected chi connectivity index (χ4v) is 3.43. The van der Waals surface area contributed by atoms with Gasteiger partial charge in [-0.2, -0.15) is 0 Å². The van der Waals surface area contributed by atoms with E-state index in [1.807, 2.05) is 6.07 Å². The number of carbonyl (C=O) groups excluding carboxylic acids is 2. The van der Waals surface area contributed by atoms with Gasteiger partial charge in [0.05, 0.1) is 7.11 Å². The average Bonchev–Trinajstić information content (AvgIpc) is 2.79. The normalized spacial score (nSPS) is 14.0. The van der Waals surface area contributed by atoms with Crippen molar-refractivity contribution in [2.45, 2.75) is 13.0 Å². The van der Waals surface area contributed by atoms with E-state index in [1.165, 1.54) is 49.2 Å². The summed E-state index contributed by atoms with van der Waals surface area (Å²) in [7, 11) is 4.56. The second-order valence-electron chi connectivity index (χ2n) is 7.19. The van der Waals surface area contributed by atoms with Gasteiger partial charge in [-0.15, -0.1) is 6.58 Å². The number of rotatable bonds is 7. The van der Waals surface area contributed by atoms with Gasteiger partial charge in [-0.25, -0.2) is 4.39 Å². The van der Waals surface area contributed by atoms with Crippen LogP contribution in [0.15, 0.2) is 54.6 Å². The van der Waals surface area contributed by atoms with Gasteiger partial charge in [0, 0.05) is 19.7 Å². The van der Waals surface area contributed by atoms with E-state index in [4.69, 9.17) is 21.7 Å². The molecule has 0 unspecified atom stereocenters. The first-order valence-electron chi connectivity index (χ1n) is 9.77. The van der Waals surface area contributed by atoms with E-state index < -0.39 is 11.8 Å². The van der Waals surface area contributed by atoms with Crippen LogP contribution in [0.2, 0.25) is 0 Å². The Morgan fingerprint density at radius 2 is 1.72 bits per heavy atom. The van der Waals surface area contributed by atoms with Crippen LogP contribution in [-0.2, 0) is 22.6 Å². The van der Waals surface area contributed by atoms with E-state index in [1.54, 1.807) is 24.3 Å². The van der Waals surface area contributed by atoms with Gasteiger partial charge in [0.2, 0.25) is 0 Å². The van der Waals surface area contributed by atoms with Crippen molar-refractivity contribution in [3.63, 3.8) is 0 Å². The Labute approximate surface area is 191 Å². The summed E-state index contributed by atoms with van der Waals surface area (Å²) in [6, 6.07) is 9.52. The van der Waals surface area contributed by atoms with Crippen LogP contribution < -0.4 is 9.47 Å². The van der Waals surface area contributed by atoms with Crippen molar-refractivity contribution in [2.75, 3.05) is 21.2 Å². The molecule has 0 radical (unpaired) electrons. The van der Waals surface area contributed by atoms with Crippen LogP contribution in [0.3, 0.4) is 0 Å². The standard InChI is InChI=1S/C24H23FN2O4S/c1-5-6-17-11-16(12-19-22(28)26(2)24(32)27(3)23(19)29)13-20(30-4)21(17)31-14-15-7-9-18(25)10-8-15/h5,7-13H,1,6,14H2,2-4H3. The predicted molar refractivity (Wildman–Crippen MR) is 124 cm³/mol. The molecule has 0 aliphatic carbocycles. The number of hydrogen-bond acceptors (Lipinski definition) is 5. The summed E-state index contributed by atoms with van der Waals surface area (Å²) in [5.74, 6) is -0.320. The third kappa shape index (κ3) is 4.70. The van der Waals surface area contributed by atoms with E-state index in [0.717, 1.165) is 11.1 Å². The lowest BCUT2D eigenvalue weighted by molar-refractivity contribution is -0.132. The molecular weight excluding hydrogens is 431 g/mol. The summed E-state index contributed by atoms with van der Waals surface area (Å²) in [5, 5.41) is 0.145. The molecular formula is C24H23FN2O4S. The van der Waals surface area contributed by atoms with Crippen LogP contribution in [0.5, 0.6) is 11.5 Å². The monoisotopic (exact) mass is 454 g/mol. The molecule has 166 valence electrons. The van der Waals surface area contributed by atoms with E-state index >= 15 is 0 Å². The first-order valence-corrected chi connectivity index (χ1v) is 10.2. The summed E-state index contributed by atoms with van der Waals surface area (Å²) < 4.78 is 24.7. The lowest BCUT2D eigenvalue weighted by Gasteiger charge is -2.31. The minimum atomic E-state index is -0.473. The van der Waals surface area contributed by atoms with Crippen LogP contribution in [-0.4, -0.2) is 47.9 Å². The van der Waals surface area contributed by atoms with Gasteiger partial charge in [0.15, 0.2) is 16.6 Å². The number of hydrogen-bond donors (Lipinski definition) is 0. The number of thiocarbonyl (C=S) groups is 1. The molecule has 1 aliphatic heterocycles. The van der Waals surface area contributed by atoms with Crippen LogP contribution in [0.1, 0.15) is 16.7 Å². The molecule has 0 atom stereocenters. The molecule has 0 aromatic heterocycles. The maximum Gasteiger partial charge on any atom is 0.265 e. The highest BCUT2D eigenvalue weighted by Gasteiger charge is 2.35. The van der Waals surface area contributed by atoms with Crippen molar-refractivity contribution in [3.05, 3.63) is 77.1 Å². The van der Waals surface area contributed by atoms with Gasteiger partial charge in [0.25, 0.3) is 11.8 Å². The Balaban J connectivity index is 1.98. The third-order valence-electron chi connectivity index (χ3n) is 4.99. The van der Waals surface area contributed by atoms with Crippen molar-refractivity contribution in [2.24, 2.45) is 0 Å². The number of amides is 2. The first kappa shape index (κ1) is 23.1. The molecule has 2 aromatic carbocycles. The molecule has 2 aromatic rings. The Bertz CT molecular complexity index is 1090. The largest absolute Gasteiger partial charge is 0.493 e. The molecule has 0 saturated carbocycles. The number of ether oxygens (including phenoxy) is 2. The topological polar surface area (TPSA) is 59.1 Å². The summed E-state index contributed by atoms with van der Waals surface area (Å²) in [4.78, 5) is 27.8. The van der Waals surface area contributed by atoms with Crippen molar-refractivity contribution < 1.29 is 23.5 Å². The van der Waals surface area contributed by atoms with Gasteiger partial charge >= 0.3 is 0 Å². The average molecular weight is 455 g/mol. The van der Waals surface area contributed by atoms with Crippen LogP contribution in [0.25, 0.3) is 6.08 Å². The summed E-state index contributed by atoms with van der Waals surface area (Å²) in [5.41, 5.74) is 2.15. The summed E-state index contributed by atoms with van der Waals surface area (Å²) in [6.07, 6.45) is 3.70. The Morgan fingerprint density at radius 1 is 1.09 bits per heavy atom. The lowest BCUT2D eigenvalue weighted by Crippen LogP contribution is -2.52. The van der Waals surface area contributed by atoms with Crippen molar-refractivity contribution >= 4 is 35.2 Å². The Kier molecular flexibility index (Phi) is 7.05.